The second-order valence-corrected chi connectivity index (χ2v) is 6.93. The molecule has 8 heteroatoms. The average molecular weight is 399 g/mol. The minimum atomic E-state index is -0.892. The zero-order valence-electron chi connectivity index (χ0n) is 15.0. The smallest absolute Gasteiger partial charge is 0.407 e. The normalized spacial score (nSPS) is 13.6. The molecule has 0 atom stereocenters. The van der Waals surface area contributed by atoms with Gasteiger partial charge in [0.2, 0.25) is 0 Å². The van der Waals surface area contributed by atoms with Crippen LogP contribution in [0.1, 0.15) is 32.1 Å². The van der Waals surface area contributed by atoms with E-state index in [1.165, 1.54) is 17.0 Å². The van der Waals surface area contributed by atoms with Gasteiger partial charge in [0.15, 0.2) is 6.61 Å². The molecule has 1 fully saturated rings. The van der Waals surface area contributed by atoms with E-state index in [4.69, 9.17) is 16.3 Å². The first-order valence-corrected chi connectivity index (χ1v) is 9.25. The zero-order valence-corrected chi connectivity index (χ0v) is 15.8. The van der Waals surface area contributed by atoms with Crippen LogP contribution in [0, 0.1) is 5.82 Å². The highest BCUT2D eigenvalue weighted by Crippen LogP contribution is 2.25. The molecule has 27 heavy (non-hydrogen) atoms. The summed E-state index contributed by atoms with van der Waals surface area (Å²) in [6.45, 7) is 4.52. The van der Waals surface area contributed by atoms with Crippen molar-refractivity contribution in [2.24, 2.45) is 0 Å². The van der Waals surface area contributed by atoms with E-state index >= 15 is 0 Å². The molecule has 2 amide bonds. The van der Waals surface area contributed by atoms with Crippen LogP contribution >= 0.6 is 11.6 Å². The highest BCUT2D eigenvalue weighted by molar-refractivity contribution is 6.30. The molecule has 0 spiro atoms. The number of carbonyl (C=O) groups is 2. The Bertz CT molecular complexity index is 694. The number of carboxylic acid groups (broad SMARTS) is 1. The molecule has 1 aliphatic rings. The van der Waals surface area contributed by atoms with Crippen LogP contribution in [0.3, 0.4) is 0 Å². The first kappa shape index (κ1) is 21.0. The standard InChI is InChI=1S/C19H24ClFN2O4/c1-13(8-10-23(19(25)26)14-3-2-4-14)7-9-22-18(24)12-27-15-5-6-16(20)17(21)11-15/h5-6,11,14H,1-4,7-10,12H2,(H,22,24)(H,25,26). The van der Waals surface area contributed by atoms with E-state index in [-0.39, 0.29) is 29.3 Å². The fourth-order valence-corrected chi connectivity index (χ4v) is 2.80. The molecule has 1 saturated carbocycles. The third kappa shape index (κ3) is 6.75. The molecule has 2 N–H and O–H groups in total. The van der Waals surface area contributed by atoms with Crippen LogP contribution in [0.5, 0.6) is 5.75 Å². The Morgan fingerprint density at radius 3 is 2.70 bits per heavy atom. The maximum absolute atomic E-state index is 13.3. The third-order valence-electron chi connectivity index (χ3n) is 4.53. The monoisotopic (exact) mass is 398 g/mol. The minimum absolute atomic E-state index is 0.0101. The van der Waals surface area contributed by atoms with Gasteiger partial charge in [0.05, 0.1) is 5.02 Å². The van der Waals surface area contributed by atoms with Crippen molar-refractivity contribution in [1.82, 2.24) is 10.2 Å². The average Bonchev–Trinajstić information content (AvgIpc) is 2.57. The van der Waals surface area contributed by atoms with E-state index in [2.05, 4.69) is 11.9 Å². The Hall–Kier alpha value is -2.28. The fraction of sp³-hybridized carbons (Fsp3) is 0.474. The van der Waals surface area contributed by atoms with Gasteiger partial charge in [0.1, 0.15) is 11.6 Å². The first-order chi connectivity index (χ1) is 12.9. The van der Waals surface area contributed by atoms with Crippen molar-refractivity contribution < 1.29 is 23.8 Å². The van der Waals surface area contributed by atoms with E-state index in [0.717, 1.165) is 30.9 Å². The number of rotatable bonds is 10. The van der Waals surface area contributed by atoms with Gasteiger partial charge in [-0.25, -0.2) is 9.18 Å². The van der Waals surface area contributed by atoms with E-state index in [1.54, 1.807) is 0 Å². The topological polar surface area (TPSA) is 78.9 Å². The van der Waals surface area contributed by atoms with E-state index < -0.39 is 11.9 Å². The van der Waals surface area contributed by atoms with Crippen LogP contribution in [0.2, 0.25) is 5.02 Å². The summed E-state index contributed by atoms with van der Waals surface area (Å²) in [7, 11) is 0. The van der Waals surface area contributed by atoms with Crippen LogP contribution in [-0.2, 0) is 4.79 Å². The summed E-state index contributed by atoms with van der Waals surface area (Å²) in [5, 5.41) is 11.9. The number of nitrogens with zero attached hydrogens (tertiary/aromatic N) is 1. The maximum Gasteiger partial charge on any atom is 0.407 e. The Balaban J connectivity index is 1.61. The van der Waals surface area contributed by atoms with Gasteiger partial charge in [-0.15, -0.1) is 0 Å². The summed E-state index contributed by atoms with van der Waals surface area (Å²) in [5.41, 5.74) is 0.876. The number of carbonyl (C=O) groups excluding carboxylic acids is 1. The Kier molecular flexibility index (Phi) is 7.91. The number of halogens is 2. The number of nitrogens with one attached hydrogen (secondary N) is 1. The summed E-state index contributed by atoms with van der Waals surface area (Å²) in [6.07, 6.45) is 3.15. The quantitative estimate of drug-likeness (QED) is 0.587. The van der Waals surface area contributed by atoms with Crippen molar-refractivity contribution in [1.29, 1.82) is 0 Å². The van der Waals surface area contributed by atoms with Gasteiger partial charge in [-0.3, -0.25) is 4.79 Å². The highest BCUT2D eigenvalue weighted by atomic mass is 35.5. The molecule has 1 aromatic rings. The SMILES string of the molecule is C=C(CCNC(=O)COc1ccc(Cl)c(F)c1)CCN(C(=O)O)C1CCC1. The molecule has 1 aromatic carbocycles. The van der Waals surface area contributed by atoms with Crippen LogP contribution < -0.4 is 10.1 Å². The Morgan fingerprint density at radius 2 is 2.11 bits per heavy atom. The van der Waals surface area contributed by atoms with E-state index in [0.29, 0.717) is 25.9 Å². The lowest BCUT2D eigenvalue weighted by Gasteiger charge is -2.35. The molecule has 0 saturated heterocycles. The molecule has 148 valence electrons. The zero-order chi connectivity index (χ0) is 19.8. The van der Waals surface area contributed by atoms with E-state index in [1.807, 2.05) is 0 Å². The second kappa shape index (κ2) is 10.2. The van der Waals surface area contributed by atoms with Crippen molar-refractivity contribution in [2.75, 3.05) is 19.7 Å². The lowest BCUT2D eigenvalue weighted by atomic mass is 9.91. The predicted molar refractivity (Wildman–Crippen MR) is 101 cm³/mol. The largest absolute Gasteiger partial charge is 0.484 e. The molecular formula is C19H24ClFN2O4. The van der Waals surface area contributed by atoms with Gasteiger partial charge < -0.3 is 20.1 Å². The predicted octanol–water partition coefficient (Wildman–Crippen LogP) is 3.84. The summed E-state index contributed by atoms with van der Waals surface area (Å²) in [6, 6.07) is 4.09. The van der Waals surface area contributed by atoms with Crippen LogP contribution in [0.25, 0.3) is 0 Å². The van der Waals surface area contributed by atoms with Gasteiger partial charge in [0, 0.05) is 25.2 Å². The molecule has 0 aliphatic heterocycles. The van der Waals surface area contributed by atoms with Crippen molar-refractivity contribution in [3.8, 4) is 5.75 Å². The van der Waals surface area contributed by atoms with Crippen molar-refractivity contribution >= 4 is 23.6 Å². The molecule has 1 aliphatic carbocycles. The van der Waals surface area contributed by atoms with Crippen LogP contribution in [0.15, 0.2) is 30.4 Å². The van der Waals surface area contributed by atoms with Crippen molar-refractivity contribution in [2.45, 2.75) is 38.1 Å². The summed E-state index contributed by atoms with van der Waals surface area (Å²) in [5.74, 6) is -0.718. The van der Waals surface area contributed by atoms with Gasteiger partial charge in [-0.1, -0.05) is 23.8 Å². The molecule has 0 aromatic heterocycles. The third-order valence-corrected chi connectivity index (χ3v) is 4.84. The minimum Gasteiger partial charge on any atom is -0.484 e. The van der Waals surface area contributed by atoms with Gasteiger partial charge in [-0.05, 0) is 44.2 Å². The molecule has 2 rings (SSSR count). The van der Waals surface area contributed by atoms with Gasteiger partial charge in [-0.2, -0.15) is 0 Å². The molecule has 0 radical (unpaired) electrons. The number of benzene rings is 1. The number of ether oxygens (including phenoxy) is 1. The maximum atomic E-state index is 13.3. The number of hydrogen-bond acceptors (Lipinski definition) is 3. The van der Waals surface area contributed by atoms with Crippen molar-refractivity contribution in [3.63, 3.8) is 0 Å². The molecule has 6 nitrogen and oxygen atoms in total. The summed E-state index contributed by atoms with van der Waals surface area (Å²) < 4.78 is 18.5. The number of amides is 2. The van der Waals surface area contributed by atoms with Crippen molar-refractivity contribution in [3.05, 3.63) is 41.2 Å². The summed E-state index contributed by atoms with van der Waals surface area (Å²) in [4.78, 5) is 24.5. The molecule has 0 bridgehead atoms. The first-order valence-electron chi connectivity index (χ1n) is 8.87. The second-order valence-electron chi connectivity index (χ2n) is 6.53. The molecular weight excluding hydrogens is 375 g/mol. The lowest BCUT2D eigenvalue weighted by Crippen LogP contribution is -2.44. The molecule has 0 unspecified atom stereocenters. The van der Waals surface area contributed by atoms with Crippen LogP contribution in [0.4, 0.5) is 9.18 Å². The Labute approximate surface area is 162 Å². The van der Waals surface area contributed by atoms with Gasteiger partial charge in [0.25, 0.3) is 5.91 Å². The fourth-order valence-electron chi connectivity index (χ4n) is 2.68. The molecule has 0 heterocycles. The lowest BCUT2D eigenvalue weighted by molar-refractivity contribution is -0.123. The van der Waals surface area contributed by atoms with E-state index in [9.17, 15) is 19.1 Å². The summed E-state index contributed by atoms with van der Waals surface area (Å²) >= 11 is 5.58. The highest BCUT2D eigenvalue weighted by Gasteiger charge is 2.28. The number of hydrogen-bond donors (Lipinski definition) is 2. The Morgan fingerprint density at radius 1 is 1.37 bits per heavy atom. The van der Waals surface area contributed by atoms with Gasteiger partial charge >= 0.3 is 6.09 Å². The van der Waals surface area contributed by atoms with Crippen LogP contribution in [-0.4, -0.2) is 47.7 Å².